The lowest BCUT2D eigenvalue weighted by Crippen LogP contribution is -2.41. The maximum Gasteiger partial charge on any atom is 0.494 e. The van der Waals surface area contributed by atoms with Crippen molar-refractivity contribution < 1.29 is 9.31 Å². The van der Waals surface area contributed by atoms with Crippen molar-refractivity contribution in [2.75, 3.05) is 0 Å². The molecule has 2 nitrogen and oxygen atoms in total. The summed E-state index contributed by atoms with van der Waals surface area (Å²) in [7, 11) is -0.352. The highest BCUT2D eigenvalue weighted by Crippen LogP contribution is 2.40. The van der Waals surface area contributed by atoms with Crippen LogP contribution in [0.1, 0.15) is 27.7 Å². The van der Waals surface area contributed by atoms with E-state index in [1.807, 2.05) is 11.3 Å². The molecule has 0 unspecified atom stereocenters. The van der Waals surface area contributed by atoms with Gasteiger partial charge in [0.1, 0.15) is 0 Å². The predicted octanol–water partition coefficient (Wildman–Crippen LogP) is 7.69. The fourth-order valence-electron chi connectivity index (χ4n) is 4.66. The molecule has 1 aliphatic heterocycles. The second-order valence-corrected chi connectivity index (χ2v) is 11.1. The lowest BCUT2D eigenvalue weighted by atomic mass is 9.78. The minimum Gasteiger partial charge on any atom is -0.399 e. The number of hydrogen-bond donors (Lipinski definition) is 0. The van der Waals surface area contributed by atoms with Crippen LogP contribution in [0.2, 0.25) is 0 Å². The minimum absolute atomic E-state index is 0.344. The third kappa shape index (κ3) is 3.49. The average Bonchev–Trinajstić information content (AvgIpc) is 3.32. The van der Waals surface area contributed by atoms with Gasteiger partial charge in [-0.25, -0.2) is 0 Å². The third-order valence-electron chi connectivity index (χ3n) is 7.35. The summed E-state index contributed by atoms with van der Waals surface area (Å²) in [4.78, 5) is 0. The number of thiophene rings is 1. The molecule has 0 bridgehead atoms. The molecule has 6 rings (SSSR count). The normalized spacial score (nSPS) is 17.0. The van der Waals surface area contributed by atoms with Crippen molar-refractivity contribution in [2.45, 2.75) is 38.9 Å². The van der Waals surface area contributed by atoms with E-state index in [0.29, 0.717) is 0 Å². The fraction of sp³-hybridized carbons (Fsp3) is 0.200. The second-order valence-electron chi connectivity index (χ2n) is 10.1. The Hall–Kier alpha value is -2.92. The Bertz CT molecular complexity index is 1500. The van der Waals surface area contributed by atoms with Gasteiger partial charge in [-0.15, -0.1) is 11.3 Å². The Balaban J connectivity index is 1.33. The number of benzene rings is 4. The molecule has 4 heteroatoms. The zero-order valence-corrected chi connectivity index (χ0v) is 20.8. The highest BCUT2D eigenvalue weighted by atomic mass is 32.1. The van der Waals surface area contributed by atoms with E-state index < -0.39 is 0 Å². The average molecular weight is 462 g/mol. The zero-order valence-electron chi connectivity index (χ0n) is 20.0. The molecule has 0 atom stereocenters. The van der Waals surface area contributed by atoms with Crippen LogP contribution in [0, 0.1) is 0 Å². The molecular formula is C30H27BO2S. The third-order valence-corrected chi connectivity index (χ3v) is 8.57. The highest BCUT2D eigenvalue weighted by Gasteiger charge is 2.51. The smallest absolute Gasteiger partial charge is 0.399 e. The van der Waals surface area contributed by atoms with Crippen LogP contribution in [0.25, 0.3) is 42.4 Å². The van der Waals surface area contributed by atoms with Crippen LogP contribution in [0.3, 0.4) is 0 Å². The van der Waals surface area contributed by atoms with Gasteiger partial charge in [-0.05, 0) is 61.5 Å². The van der Waals surface area contributed by atoms with Crippen LogP contribution in [-0.4, -0.2) is 18.3 Å². The molecule has 168 valence electrons. The van der Waals surface area contributed by atoms with E-state index in [1.54, 1.807) is 0 Å². The summed E-state index contributed by atoms with van der Waals surface area (Å²) in [6.45, 7) is 8.36. The van der Waals surface area contributed by atoms with Crippen molar-refractivity contribution in [3.8, 4) is 22.3 Å². The summed E-state index contributed by atoms with van der Waals surface area (Å²) >= 11 is 1.87. The molecule has 34 heavy (non-hydrogen) atoms. The van der Waals surface area contributed by atoms with Gasteiger partial charge in [0.15, 0.2) is 0 Å². The Labute approximate surface area is 205 Å². The molecule has 1 saturated heterocycles. The zero-order chi connectivity index (χ0) is 23.5. The number of rotatable bonds is 3. The monoisotopic (exact) mass is 462 g/mol. The molecule has 1 fully saturated rings. The van der Waals surface area contributed by atoms with Gasteiger partial charge in [-0.1, -0.05) is 84.9 Å². The molecule has 5 aromatic rings. The first-order chi connectivity index (χ1) is 16.3. The molecule has 2 heterocycles. The summed E-state index contributed by atoms with van der Waals surface area (Å²) in [6.07, 6.45) is 0. The van der Waals surface area contributed by atoms with Gasteiger partial charge in [-0.2, -0.15) is 0 Å². The summed E-state index contributed by atoms with van der Waals surface area (Å²) in [5, 5.41) is 2.66. The van der Waals surface area contributed by atoms with Crippen molar-refractivity contribution in [3.63, 3.8) is 0 Å². The van der Waals surface area contributed by atoms with Crippen molar-refractivity contribution in [3.05, 3.63) is 91.0 Å². The maximum absolute atomic E-state index is 6.26. The van der Waals surface area contributed by atoms with Gasteiger partial charge in [-0.3, -0.25) is 0 Å². The first kappa shape index (κ1) is 21.6. The minimum atomic E-state index is -0.352. The SMILES string of the molecule is CC1(C)OB(c2cccc(-c3ccc(-c4cccc5c4sc4ccccc45)cc3)c2)OC1(C)C. The van der Waals surface area contributed by atoms with Crippen molar-refractivity contribution in [1.82, 2.24) is 0 Å². The molecule has 4 aromatic carbocycles. The molecule has 0 amide bonds. The van der Waals surface area contributed by atoms with E-state index in [4.69, 9.17) is 9.31 Å². The molecular weight excluding hydrogens is 435 g/mol. The molecule has 0 N–H and O–H groups in total. The van der Waals surface area contributed by atoms with E-state index in [0.717, 1.165) is 5.46 Å². The van der Waals surface area contributed by atoms with Crippen molar-refractivity contribution >= 4 is 44.1 Å². The summed E-state index contributed by atoms with van der Waals surface area (Å²) < 4.78 is 15.2. The van der Waals surface area contributed by atoms with E-state index in [2.05, 4.69) is 119 Å². The second kappa shape index (κ2) is 7.81. The van der Waals surface area contributed by atoms with E-state index in [1.165, 1.54) is 42.4 Å². The van der Waals surface area contributed by atoms with Gasteiger partial charge in [0.05, 0.1) is 11.2 Å². The molecule has 0 aliphatic carbocycles. The van der Waals surface area contributed by atoms with Gasteiger partial charge in [0, 0.05) is 20.2 Å². The van der Waals surface area contributed by atoms with Gasteiger partial charge >= 0.3 is 7.12 Å². The van der Waals surface area contributed by atoms with Crippen LogP contribution in [0.15, 0.2) is 91.0 Å². The quantitative estimate of drug-likeness (QED) is 0.256. The van der Waals surface area contributed by atoms with Crippen LogP contribution >= 0.6 is 11.3 Å². The standard InChI is InChI=1S/C30H27BO2S/c1-29(2)30(3,4)33-31(32-29)23-10-7-9-22(19-23)20-15-17-21(18-16-20)24-12-8-13-26-25-11-5-6-14-27(25)34-28(24)26/h5-19H,1-4H3. The van der Waals surface area contributed by atoms with E-state index >= 15 is 0 Å². The number of hydrogen-bond acceptors (Lipinski definition) is 3. The van der Waals surface area contributed by atoms with Crippen LogP contribution in [0.5, 0.6) is 0 Å². The first-order valence-electron chi connectivity index (χ1n) is 11.8. The Morgan fingerprint density at radius 1 is 0.618 bits per heavy atom. The van der Waals surface area contributed by atoms with E-state index in [-0.39, 0.29) is 18.3 Å². The number of fused-ring (bicyclic) bond motifs is 3. The molecule has 0 saturated carbocycles. The fourth-order valence-corrected chi connectivity index (χ4v) is 5.90. The Morgan fingerprint density at radius 3 is 2.03 bits per heavy atom. The Kier molecular flexibility index (Phi) is 4.96. The summed E-state index contributed by atoms with van der Waals surface area (Å²) in [5.41, 5.74) is 5.24. The van der Waals surface area contributed by atoms with Crippen LogP contribution in [-0.2, 0) is 9.31 Å². The summed E-state index contributed by atoms with van der Waals surface area (Å²) in [5.74, 6) is 0. The maximum atomic E-state index is 6.26. The molecule has 0 spiro atoms. The van der Waals surface area contributed by atoms with Crippen molar-refractivity contribution in [2.24, 2.45) is 0 Å². The van der Waals surface area contributed by atoms with Crippen LogP contribution < -0.4 is 5.46 Å². The van der Waals surface area contributed by atoms with Crippen LogP contribution in [0.4, 0.5) is 0 Å². The predicted molar refractivity (Wildman–Crippen MR) is 146 cm³/mol. The largest absolute Gasteiger partial charge is 0.494 e. The van der Waals surface area contributed by atoms with Gasteiger partial charge < -0.3 is 9.31 Å². The van der Waals surface area contributed by atoms with Gasteiger partial charge in [0.25, 0.3) is 0 Å². The molecule has 1 aromatic heterocycles. The lowest BCUT2D eigenvalue weighted by molar-refractivity contribution is 0.00578. The van der Waals surface area contributed by atoms with E-state index in [9.17, 15) is 0 Å². The Morgan fingerprint density at radius 2 is 1.26 bits per heavy atom. The van der Waals surface area contributed by atoms with Gasteiger partial charge in [0.2, 0.25) is 0 Å². The molecule has 0 radical (unpaired) electrons. The van der Waals surface area contributed by atoms with Crippen molar-refractivity contribution in [1.29, 1.82) is 0 Å². The summed E-state index contributed by atoms with van der Waals surface area (Å²) in [6, 6.07) is 32.7. The first-order valence-corrected chi connectivity index (χ1v) is 12.6. The topological polar surface area (TPSA) is 18.5 Å². The molecule has 1 aliphatic rings. The lowest BCUT2D eigenvalue weighted by Gasteiger charge is -2.32. The highest BCUT2D eigenvalue weighted by molar-refractivity contribution is 7.26.